The van der Waals surface area contributed by atoms with E-state index in [9.17, 15) is 22.4 Å². The first kappa shape index (κ1) is 30.3. The molecule has 5 heterocycles. The van der Waals surface area contributed by atoms with Crippen molar-refractivity contribution in [3.8, 4) is 11.5 Å². The molecule has 2 aliphatic heterocycles. The van der Waals surface area contributed by atoms with Gasteiger partial charge in [-0.2, -0.15) is 18.2 Å². The highest BCUT2D eigenvalue weighted by molar-refractivity contribution is 7.13. The zero-order chi connectivity index (χ0) is 31.0. The maximum Gasteiger partial charge on any atom is 0.406 e. The molecule has 3 aromatic heterocycles. The maximum absolute atomic E-state index is 14.8. The molecule has 0 unspecified atom stereocenters. The van der Waals surface area contributed by atoms with Gasteiger partial charge in [-0.25, -0.2) is 9.37 Å². The predicted octanol–water partition coefficient (Wildman–Crippen LogP) is 4.32. The van der Waals surface area contributed by atoms with Crippen LogP contribution in [0.4, 0.5) is 28.4 Å². The molecular formula is C28H32F4N8O3S. The number of benzene rings is 1. The molecule has 0 radical (unpaired) electrons. The minimum absolute atomic E-state index is 0.0139. The normalized spacial score (nSPS) is 21.3. The highest BCUT2D eigenvalue weighted by Gasteiger charge is 2.32. The number of likely N-dealkylation sites (tertiary alicyclic amines) is 1. The number of anilines is 2. The average molecular weight is 637 g/mol. The van der Waals surface area contributed by atoms with Gasteiger partial charge in [0.1, 0.15) is 18.4 Å². The predicted molar refractivity (Wildman–Crippen MR) is 157 cm³/mol. The van der Waals surface area contributed by atoms with Gasteiger partial charge in [-0.1, -0.05) is 11.2 Å². The summed E-state index contributed by atoms with van der Waals surface area (Å²) in [5.74, 6) is -0.502. The highest BCUT2D eigenvalue weighted by Crippen LogP contribution is 2.35. The lowest BCUT2D eigenvalue weighted by Gasteiger charge is -2.33. The molecule has 16 heteroatoms. The summed E-state index contributed by atoms with van der Waals surface area (Å²) in [6, 6.07) is 5.98. The third-order valence-corrected chi connectivity index (χ3v) is 8.84. The van der Waals surface area contributed by atoms with E-state index in [0.29, 0.717) is 36.1 Å². The number of halogens is 4. The molecule has 2 saturated heterocycles. The van der Waals surface area contributed by atoms with E-state index >= 15 is 0 Å². The fourth-order valence-electron chi connectivity index (χ4n) is 5.65. The number of thiazole rings is 1. The number of nitrogens with zero attached hydrogens (tertiary/aromatic N) is 6. The summed E-state index contributed by atoms with van der Waals surface area (Å²) in [6.45, 7) is 1.03. The molecule has 6 rings (SSSR count). The van der Waals surface area contributed by atoms with Crippen molar-refractivity contribution in [2.24, 2.45) is 0 Å². The first-order valence-electron chi connectivity index (χ1n) is 14.2. The summed E-state index contributed by atoms with van der Waals surface area (Å²) in [7, 11) is 3.51. The molecule has 0 aliphatic carbocycles. The van der Waals surface area contributed by atoms with Crippen LogP contribution in [0.15, 0.2) is 34.2 Å². The number of carbonyl (C=O) groups is 1. The number of carbonyl (C=O) groups excluding carboxylic acids is 1. The summed E-state index contributed by atoms with van der Waals surface area (Å²) >= 11 is 1.36. The van der Waals surface area contributed by atoms with Crippen LogP contribution in [0.1, 0.15) is 29.2 Å². The molecule has 44 heavy (non-hydrogen) atoms. The van der Waals surface area contributed by atoms with E-state index in [1.165, 1.54) is 11.3 Å². The summed E-state index contributed by atoms with van der Waals surface area (Å²) in [5.41, 5.74) is 1.12. The number of hydrogen-bond acceptors (Lipinski definition) is 10. The van der Waals surface area contributed by atoms with Gasteiger partial charge in [-0.3, -0.25) is 4.79 Å². The Kier molecular flexibility index (Phi) is 8.48. The number of hydrogen-bond donors (Lipinski definition) is 2. The van der Waals surface area contributed by atoms with E-state index in [1.54, 1.807) is 36.8 Å². The minimum Gasteiger partial charge on any atom is -0.380 e. The van der Waals surface area contributed by atoms with E-state index in [4.69, 9.17) is 9.26 Å². The Morgan fingerprint density at radius 3 is 2.80 bits per heavy atom. The van der Waals surface area contributed by atoms with Crippen LogP contribution >= 0.6 is 11.3 Å². The van der Waals surface area contributed by atoms with Crippen LogP contribution in [0.2, 0.25) is 0 Å². The Balaban J connectivity index is 1.20. The molecule has 2 N–H and O–H groups in total. The van der Waals surface area contributed by atoms with E-state index in [1.807, 2.05) is 11.9 Å². The van der Waals surface area contributed by atoms with Crippen LogP contribution in [0.5, 0.6) is 0 Å². The van der Waals surface area contributed by atoms with Crippen molar-refractivity contribution in [1.29, 1.82) is 0 Å². The topological polar surface area (TPSA) is 114 Å². The number of ether oxygens (including phenoxy) is 1. The van der Waals surface area contributed by atoms with Crippen molar-refractivity contribution in [2.75, 3.05) is 50.6 Å². The van der Waals surface area contributed by atoms with E-state index in [0.717, 1.165) is 22.7 Å². The third-order valence-electron chi connectivity index (χ3n) is 7.94. The molecule has 1 aromatic carbocycles. The summed E-state index contributed by atoms with van der Waals surface area (Å²) < 4.78 is 67.6. The summed E-state index contributed by atoms with van der Waals surface area (Å²) in [5, 5.41) is 12.7. The number of alkyl halides is 4. The number of piperidine rings is 1. The van der Waals surface area contributed by atoms with Crippen molar-refractivity contribution >= 4 is 39.0 Å². The molecule has 1 amide bonds. The van der Waals surface area contributed by atoms with Crippen LogP contribution in [-0.2, 0) is 17.8 Å². The molecule has 0 bridgehead atoms. The third kappa shape index (κ3) is 6.51. The van der Waals surface area contributed by atoms with Crippen LogP contribution in [0.25, 0.3) is 22.4 Å². The van der Waals surface area contributed by atoms with Gasteiger partial charge < -0.3 is 34.3 Å². The van der Waals surface area contributed by atoms with Crippen molar-refractivity contribution in [2.45, 2.75) is 50.4 Å². The van der Waals surface area contributed by atoms with Crippen LogP contribution in [0.3, 0.4) is 0 Å². The largest absolute Gasteiger partial charge is 0.406 e. The molecule has 2 fully saturated rings. The SMILES string of the molecule is CO[C@@H]1CCN(c2nc(C(=O)NCc3nc(-c4cc5c(N[C@@H]6CCN(C)C[C@@H]6F)cccc5n4CC(F)(F)F)no3)cs2)C1. The number of rotatable bonds is 9. The molecule has 0 saturated carbocycles. The number of amides is 1. The molecule has 0 spiro atoms. The van der Waals surface area contributed by atoms with E-state index in [2.05, 4.69) is 30.7 Å². The fourth-order valence-corrected chi connectivity index (χ4v) is 6.49. The fraction of sp³-hybridized carbons (Fsp3) is 0.500. The van der Waals surface area contributed by atoms with Crippen molar-refractivity contribution in [3.05, 3.63) is 41.2 Å². The van der Waals surface area contributed by atoms with E-state index < -0.39 is 30.8 Å². The van der Waals surface area contributed by atoms with E-state index in [-0.39, 0.29) is 42.3 Å². The average Bonchev–Trinajstić information content (AvgIpc) is 3.79. The van der Waals surface area contributed by atoms with Gasteiger partial charge in [0.25, 0.3) is 5.91 Å². The lowest BCUT2D eigenvalue weighted by Crippen LogP contribution is -2.46. The monoisotopic (exact) mass is 636 g/mol. The molecule has 2 aliphatic rings. The van der Waals surface area contributed by atoms with Gasteiger partial charge in [0.2, 0.25) is 11.7 Å². The van der Waals surface area contributed by atoms with Gasteiger partial charge in [-0.05, 0) is 38.1 Å². The standard InChI is InChI=1S/C28H32F4N8O3S/c1-38-8-7-20(18(29)13-38)34-19-4-3-5-22-17(19)10-23(40(22)15-28(30,31)32)25-36-24(43-37-25)11-33-26(41)21-14-44-27(35-21)39-9-6-16(12-39)42-2/h3-5,10,14,16,18,20,34H,6-9,11-13,15H2,1-2H3,(H,33,41)/t16-,18+,20-/m1/s1. The zero-order valence-corrected chi connectivity index (χ0v) is 24.9. The Morgan fingerprint density at radius 1 is 1.20 bits per heavy atom. The van der Waals surface area contributed by atoms with Crippen molar-refractivity contribution in [3.63, 3.8) is 0 Å². The lowest BCUT2D eigenvalue weighted by molar-refractivity contribution is -0.139. The highest BCUT2D eigenvalue weighted by atomic mass is 32.1. The number of aromatic nitrogens is 4. The van der Waals surface area contributed by atoms with Gasteiger partial charge in [0.05, 0.1) is 29.9 Å². The molecule has 11 nitrogen and oxygen atoms in total. The van der Waals surface area contributed by atoms with Crippen LogP contribution in [0, 0.1) is 0 Å². The van der Waals surface area contributed by atoms with Crippen LogP contribution in [-0.4, -0.2) is 95.3 Å². The second-order valence-electron chi connectivity index (χ2n) is 11.1. The molecule has 236 valence electrons. The Hall–Kier alpha value is -3.76. The smallest absolute Gasteiger partial charge is 0.380 e. The second kappa shape index (κ2) is 12.3. The number of methoxy groups -OCH3 is 1. The molecular weight excluding hydrogens is 604 g/mol. The first-order valence-corrected chi connectivity index (χ1v) is 15.1. The maximum atomic E-state index is 14.8. The Morgan fingerprint density at radius 2 is 2.05 bits per heavy atom. The number of fused-ring (bicyclic) bond motifs is 1. The first-order chi connectivity index (χ1) is 21.1. The van der Waals surface area contributed by atoms with Crippen molar-refractivity contribution < 1.29 is 31.6 Å². The zero-order valence-electron chi connectivity index (χ0n) is 24.1. The Bertz CT molecular complexity index is 1620. The van der Waals surface area contributed by atoms with Crippen LogP contribution < -0.4 is 15.5 Å². The molecule has 3 atom stereocenters. The molecule has 4 aromatic rings. The van der Waals surface area contributed by atoms with Gasteiger partial charge >= 0.3 is 6.18 Å². The number of nitrogens with one attached hydrogen (secondary N) is 2. The second-order valence-corrected chi connectivity index (χ2v) is 11.9. The van der Waals surface area contributed by atoms with Gasteiger partial charge in [0.15, 0.2) is 5.13 Å². The van der Waals surface area contributed by atoms with Gasteiger partial charge in [0, 0.05) is 49.7 Å². The van der Waals surface area contributed by atoms with Crippen molar-refractivity contribution in [1.82, 2.24) is 29.9 Å². The quantitative estimate of drug-likeness (QED) is 0.260. The summed E-state index contributed by atoms with van der Waals surface area (Å²) in [6.07, 6.45) is -4.10. The lowest BCUT2D eigenvalue weighted by atomic mass is 10.0. The minimum atomic E-state index is -4.53. The summed E-state index contributed by atoms with van der Waals surface area (Å²) in [4.78, 5) is 25.4. The van der Waals surface area contributed by atoms with Gasteiger partial charge in [-0.15, -0.1) is 11.3 Å². The Labute approximate surface area is 254 Å².